The number of halogens is 4. The van der Waals surface area contributed by atoms with Gasteiger partial charge in [-0.25, -0.2) is 4.98 Å². The molecule has 1 fully saturated rings. The van der Waals surface area contributed by atoms with E-state index < -0.39 is 12.7 Å². The van der Waals surface area contributed by atoms with Gasteiger partial charge in [0.15, 0.2) is 11.5 Å². The number of rotatable bonds is 3. The number of anilines is 1. The van der Waals surface area contributed by atoms with Gasteiger partial charge in [-0.15, -0.1) is 0 Å². The van der Waals surface area contributed by atoms with Crippen LogP contribution in [0.25, 0.3) is 11.2 Å². The maximum absolute atomic E-state index is 12.7. The average molecular weight is 292 g/mol. The van der Waals surface area contributed by atoms with Gasteiger partial charge >= 0.3 is 6.18 Å². The topological polar surface area (TPSA) is 57.7 Å². The monoisotopic (exact) mass is 291 g/mol. The standard InChI is InChI=1S/C10H9ClF3N5/c11-9-17-7-6(15-4-16-7)8(18-9)19(5-1-2-5)3-10(12,13)14/h4-5H,1-3H2,(H,15,16,17,18). The maximum Gasteiger partial charge on any atom is 0.405 e. The van der Waals surface area contributed by atoms with Crippen molar-refractivity contribution in [3.8, 4) is 0 Å². The minimum absolute atomic E-state index is 0.109. The first-order chi connectivity index (χ1) is 8.94. The minimum Gasteiger partial charge on any atom is -0.343 e. The maximum atomic E-state index is 12.7. The molecule has 3 rings (SSSR count). The molecule has 1 aliphatic carbocycles. The van der Waals surface area contributed by atoms with Crippen LogP contribution in [0.3, 0.4) is 0 Å². The SMILES string of the molecule is FC(F)(F)CN(c1nc(Cl)nc2nc[nH]c12)C1CC1. The fourth-order valence-corrected chi connectivity index (χ4v) is 2.12. The summed E-state index contributed by atoms with van der Waals surface area (Å²) in [6.45, 7) is -1.06. The molecule has 0 atom stereocenters. The number of alkyl halides is 3. The van der Waals surface area contributed by atoms with Crippen LogP contribution in [0.5, 0.6) is 0 Å². The molecule has 2 aromatic heterocycles. The first-order valence-corrected chi connectivity index (χ1v) is 6.02. The quantitative estimate of drug-likeness (QED) is 0.883. The zero-order valence-corrected chi connectivity index (χ0v) is 10.3. The molecular weight excluding hydrogens is 283 g/mol. The van der Waals surface area contributed by atoms with E-state index in [1.807, 2.05) is 0 Å². The lowest BCUT2D eigenvalue weighted by atomic mass is 10.4. The third kappa shape index (κ3) is 2.58. The van der Waals surface area contributed by atoms with Gasteiger partial charge in [0.1, 0.15) is 12.1 Å². The molecule has 0 aliphatic heterocycles. The lowest BCUT2D eigenvalue weighted by Gasteiger charge is -2.24. The molecule has 1 saturated carbocycles. The number of aromatic amines is 1. The molecule has 0 saturated heterocycles. The molecule has 2 heterocycles. The van der Waals surface area contributed by atoms with Crippen LogP contribution in [0, 0.1) is 0 Å². The Bertz CT molecular complexity index is 607. The van der Waals surface area contributed by atoms with Crippen LogP contribution >= 0.6 is 11.6 Å². The Morgan fingerprint density at radius 3 is 2.74 bits per heavy atom. The smallest absolute Gasteiger partial charge is 0.343 e. The van der Waals surface area contributed by atoms with E-state index >= 15 is 0 Å². The van der Waals surface area contributed by atoms with E-state index in [0.29, 0.717) is 18.4 Å². The molecule has 0 spiro atoms. The molecule has 102 valence electrons. The number of imidazole rings is 1. The predicted molar refractivity (Wildman–Crippen MR) is 63.1 cm³/mol. The first kappa shape index (κ1) is 12.5. The highest BCUT2D eigenvalue weighted by Gasteiger charge is 2.39. The number of fused-ring (bicyclic) bond motifs is 1. The van der Waals surface area contributed by atoms with Crippen LogP contribution in [-0.4, -0.2) is 38.7 Å². The largest absolute Gasteiger partial charge is 0.405 e. The molecule has 0 radical (unpaired) electrons. The number of nitrogens with one attached hydrogen (secondary N) is 1. The number of aromatic nitrogens is 4. The van der Waals surface area contributed by atoms with E-state index in [9.17, 15) is 13.2 Å². The van der Waals surface area contributed by atoms with Gasteiger partial charge in [0.2, 0.25) is 5.28 Å². The number of H-pyrrole nitrogens is 1. The Morgan fingerprint density at radius 1 is 1.37 bits per heavy atom. The third-order valence-corrected chi connectivity index (χ3v) is 3.02. The first-order valence-electron chi connectivity index (χ1n) is 5.64. The molecule has 5 nitrogen and oxygen atoms in total. The minimum atomic E-state index is -4.30. The summed E-state index contributed by atoms with van der Waals surface area (Å²) >= 11 is 5.74. The number of hydrogen-bond donors (Lipinski definition) is 1. The lowest BCUT2D eigenvalue weighted by Crippen LogP contribution is -2.36. The van der Waals surface area contributed by atoms with Crippen LogP contribution in [-0.2, 0) is 0 Å². The predicted octanol–water partition coefficient (Wildman–Crippen LogP) is 2.54. The molecule has 0 amide bonds. The second kappa shape index (κ2) is 4.22. The van der Waals surface area contributed by atoms with Crippen LogP contribution in [0.15, 0.2) is 6.33 Å². The van der Waals surface area contributed by atoms with Gasteiger partial charge in [-0.3, -0.25) is 0 Å². The molecule has 0 bridgehead atoms. The van der Waals surface area contributed by atoms with Crippen molar-refractivity contribution >= 4 is 28.6 Å². The van der Waals surface area contributed by atoms with E-state index in [1.54, 1.807) is 0 Å². The van der Waals surface area contributed by atoms with Gasteiger partial charge in [-0.2, -0.15) is 23.1 Å². The number of nitrogens with zero attached hydrogens (tertiary/aromatic N) is 4. The van der Waals surface area contributed by atoms with Gasteiger partial charge in [0.25, 0.3) is 0 Å². The lowest BCUT2D eigenvalue weighted by molar-refractivity contribution is -0.120. The Hall–Kier alpha value is -1.57. The Labute approximate surface area is 110 Å². The van der Waals surface area contributed by atoms with Crippen molar-refractivity contribution in [3.63, 3.8) is 0 Å². The highest BCUT2D eigenvalue weighted by atomic mass is 35.5. The Kier molecular flexibility index (Phi) is 2.77. The Balaban J connectivity index is 2.06. The van der Waals surface area contributed by atoms with Crippen LogP contribution in [0.1, 0.15) is 12.8 Å². The van der Waals surface area contributed by atoms with E-state index in [0.717, 1.165) is 0 Å². The fraction of sp³-hybridized carbons (Fsp3) is 0.500. The van der Waals surface area contributed by atoms with Crippen molar-refractivity contribution < 1.29 is 13.2 Å². The van der Waals surface area contributed by atoms with Crippen molar-refractivity contribution in [2.24, 2.45) is 0 Å². The molecule has 0 aromatic carbocycles. The zero-order chi connectivity index (χ0) is 13.6. The van der Waals surface area contributed by atoms with Crippen molar-refractivity contribution in [3.05, 3.63) is 11.6 Å². The summed E-state index contributed by atoms with van der Waals surface area (Å²) in [6.07, 6.45) is -1.51. The molecule has 0 unspecified atom stereocenters. The van der Waals surface area contributed by atoms with E-state index in [1.165, 1.54) is 11.2 Å². The van der Waals surface area contributed by atoms with Gasteiger partial charge in [-0.1, -0.05) is 0 Å². The fourth-order valence-electron chi connectivity index (χ4n) is 1.96. The van der Waals surface area contributed by atoms with Crippen molar-refractivity contribution in [1.29, 1.82) is 0 Å². The van der Waals surface area contributed by atoms with Crippen molar-refractivity contribution in [1.82, 2.24) is 19.9 Å². The van der Waals surface area contributed by atoms with Crippen LogP contribution in [0.2, 0.25) is 5.28 Å². The van der Waals surface area contributed by atoms with Crippen molar-refractivity contribution in [2.75, 3.05) is 11.4 Å². The molecule has 1 N–H and O–H groups in total. The summed E-state index contributed by atoms with van der Waals surface area (Å²) in [5.41, 5.74) is 0.642. The van der Waals surface area contributed by atoms with Gasteiger partial charge in [0.05, 0.1) is 6.33 Å². The molecular formula is C10H9ClF3N5. The van der Waals surface area contributed by atoms with Crippen molar-refractivity contribution in [2.45, 2.75) is 25.1 Å². The summed E-state index contributed by atoms with van der Waals surface area (Å²) in [7, 11) is 0. The highest BCUT2D eigenvalue weighted by molar-refractivity contribution is 6.28. The van der Waals surface area contributed by atoms with E-state index in [2.05, 4.69) is 19.9 Å². The van der Waals surface area contributed by atoms with Crippen LogP contribution in [0.4, 0.5) is 19.0 Å². The molecule has 19 heavy (non-hydrogen) atoms. The summed E-state index contributed by atoms with van der Waals surface area (Å²) in [5.74, 6) is 0.160. The van der Waals surface area contributed by atoms with Gasteiger partial charge < -0.3 is 9.88 Å². The van der Waals surface area contributed by atoms with Gasteiger partial charge in [-0.05, 0) is 24.4 Å². The zero-order valence-electron chi connectivity index (χ0n) is 9.58. The number of hydrogen-bond acceptors (Lipinski definition) is 4. The third-order valence-electron chi connectivity index (χ3n) is 2.85. The second-order valence-electron chi connectivity index (χ2n) is 4.39. The summed E-state index contributed by atoms with van der Waals surface area (Å²) in [5, 5.41) is -0.109. The average Bonchev–Trinajstić information content (AvgIpc) is 3.03. The second-order valence-corrected chi connectivity index (χ2v) is 4.73. The van der Waals surface area contributed by atoms with E-state index in [-0.39, 0.29) is 22.8 Å². The van der Waals surface area contributed by atoms with Gasteiger partial charge in [0, 0.05) is 6.04 Å². The summed E-state index contributed by atoms with van der Waals surface area (Å²) in [6, 6.07) is -0.154. The highest BCUT2D eigenvalue weighted by Crippen LogP contribution is 2.36. The summed E-state index contributed by atoms with van der Waals surface area (Å²) < 4.78 is 38.0. The van der Waals surface area contributed by atoms with E-state index in [4.69, 9.17) is 11.6 Å². The normalized spacial score (nSPS) is 16.0. The molecule has 9 heteroatoms. The molecule has 1 aliphatic rings. The summed E-state index contributed by atoms with van der Waals surface area (Å²) in [4.78, 5) is 15.7. The Morgan fingerprint density at radius 2 is 2.11 bits per heavy atom. The van der Waals surface area contributed by atoms with Crippen LogP contribution < -0.4 is 4.90 Å². The molecule has 2 aromatic rings.